The molecule has 3 N–H and O–H groups in total. The molecule has 1 atom stereocenters. The summed E-state index contributed by atoms with van der Waals surface area (Å²) in [5, 5.41) is 9.69. The maximum atomic E-state index is 13.4. The number of benzene rings is 1. The third-order valence-corrected chi connectivity index (χ3v) is 3.96. The number of hydrogen-bond acceptors (Lipinski definition) is 2. The fraction of sp³-hybridized carbons (Fsp3) is 0.571. The monoisotopic (exact) mass is 291 g/mol. The molecule has 2 nitrogen and oxygen atoms in total. The minimum absolute atomic E-state index is 0.155. The molecule has 0 aliphatic heterocycles. The van der Waals surface area contributed by atoms with Crippen molar-refractivity contribution in [1.29, 1.82) is 0 Å². The number of hydrogen-bond donors (Lipinski definition) is 2. The Bertz CT molecular complexity index is 481. The molecule has 0 saturated heterocycles. The SMILES string of the molecule is N[C@H](c1c(C(F)(F)F)ccc(F)c1O)C1CCCCC1. The van der Waals surface area contributed by atoms with Crippen LogP contribution in [0.1, 0.15) is 49.3 Å². The highest BCUT2D eigenvalue weighted by molar-refractivity contribution is 5.44. The first kappa shape index (κ1) is 15.1. The van der Waals surface area contributed by atoms with E-state index in [9.17, 15) is 22.7 Å². The Morgan fingerprint density at radius 3 is 2.30 bits per heavy atom. The van der Waals surface area contributed by atoms with E-state index >= 15 is 0 Å². The van der Waals surface area contributed by atoms with Crippen LogP contribution < -0.4 is 5.73 Å². The summed E-state index contributed by atoms with van der Waals surface area (Å²) in [6.07, 6.45) is -0.425. The van der Waals surface area contributed by atoms with E-state index in [-0.39, 0.29) is 5.92 Å². The van der Waals surface area contributed by atoms with E-state index in [1.165, 1.54) is 0 Å². The predicted molar refractivity (Wildman–Crippen MR) is 66.6 cm³/mol. The van der Waals surface area contributed by atoms with Crippen LogP contribution in [0.3, 0.4) is 0 Å². The lowest BCUT2D eigenvalue weighted by molar-refractivity contribution is -0.138. The maximum Gasteiger partial charge on any atom is 0.416 e. The molecule has 0 bridgehead atoms. The van der Waals surface area contributed by atoms with Gasteiger partial charge in [-0.15, -0.1) is 0 Å². The van der Waals surface area contributed by atoms with Crippen molar-refractivity contribution in [2.75, 3.05) is 0 Å². The molecule has 0 amide bonds. The van der Waals surface area contributed by atoms with E-state index in [1.807, 2.05) is 0 Å². The Morgan fingerprint density at radius 1 is 1.15 bits per heavy atom. The Balaban J connectivity index is 2.44. The number of phenols is 1. The minimum atomic E-state index is -4.66. The van der Waals surface area contributed by atoms with Gasteiger partial charge < -0.3 is 10.8 Å². The van der Waals surface area contributed by atoms with Gasteiger partial charge in [-0.25, -0.2) is 4.39 Å². The van der Waals surface area contributed by atoms with Crippen LogP contribution in [-0.4, -0.2) is 5.11 Å². The van der Waals surface area contributed by atoms with Gasteiger partial charge in [-0.1, -0.05) is 19.3 Å². The van der Waals surface area contributed by atoms with Crippen molar-refractivity contribution in [3.63, 3.8) is 0 Å². The van der Waals surface area contributed by atoms with Crippen LogP contribution in [0.15, 0.2) is 12.1 Å². The third-order valence-electron chi connectivity index (χ3n) is 3.96. The molecular weight excluding hydrogens is 274 g/mol. The quantitative estimate of drug-likeness (QED) is 0.805. The molecule has 1 aromatic carbocycles. The molecule has 6 heteroatoms. The first-order valence-electron chi connectivity index (χ1n) is 6.66. The Morgan fingerprint density at radius 2 is 1.75 bits per heavy atom. The molecule has 20 heavy (non-hydrogen) atoms. The van der Waals surface area contributed by atoms with Crippen molar-refractivity contribution >= 4 is 0 Å². The summed E-state index contributed by atoms with van der Waals surface area (Å²) in [6.45, 7) is 0. The van der Waals surface area contributed by atoms with Gasteiger partial charge in [0.2, 0.25) is 0 Å². The fourth-order valence-electron chi connectivity index (χ4n) is 2.90. The van der Waals surface area contributed by atoms with Gasteiger partial charge in [-0.2, -0.15) is 13.2 Å². The smallest absolute Gasteiger partial charge is 0.416 e. The van der Waals surface area contributed by atoms with Gasteiger partial charge in [0.05, 0.1) is 5.56 Å². The highest BCUT2D eigenvalue weighted by atomic mass is 19.4. The van der Waals surface area contributed by atoms with Crippen LogP contribution in [-0.2, 0) is 6.18 Å². The number of rotatable bonds is 2. The summed E-state index contributed by atoms with van der Waals surface area (Å²) < 4.78 is 52.4. The maximum absolute atomic E-state index is 13.4. The summed E-state index contributed by atoms with van der Waals surface area (Å²) in [5.41, 5.74) is 4.35. The van der Waals surface area contributed by atoms with Gasteiger partial charge in [-0.3, -0.25) is 0 Å². The standard InChI is InChI=1S/C14H17F4NO/c15-10-7-6-9(14(16,17)18)11(13(10)20)12(19)8-4-2-1-3-5-8/h6-8,12,20H,1-5,19H2/t12-/m0/s1. The van der Waals surface area contributed by atoms with Gasteiger partial charge in [0.15, 0.2) is 11.6 Å². The average Bonchev–Trinajstić information content (AvgIpc) is 2.40. The molecule has 1 aliphatic carbocycles. The zero-order valence-electron chi connectivity index (χ0n) is 10.9. The Labute approximate surface area is 114 Å². The van der Waals surface area contributed by atoms with Crippen LogP contribution in [0, 0.1) is 11.7 Å². The normalized spacial score (nSPS) is 19.1. The topological polar surface area (TPSA) is 46.2 Å². The van der Waals surface area contributed by atoms with E-state index < -0.39 is 34.9 Å². The van der Waals surface area contributed by atoms with Gasteiger partial charge in [-0.05, 0) is 30.9 Å². The van der Waals surface area contributed by atoms with Crippen LogP contribution in [0.4, 0.5) is 17.6 Å². The van der Waals surface area contributed by atoms with E-state index in [2.05, 4.69) is 0 Å². The van der Waals surface area contributed by atoms with Crippen LogP contribution >= 0.6 is 0 Å². The van der Waals surface area contributed by atoms with E-state index in [4.69, 9.17) is 5.73 Å². The summed E-state index contributed by atoms with van der Waals surface area (Å²) >= 11 is 0. The van der Waals surface area contributed by atoms with Crippen molar-refractivity contribution < 1.29 is 22.7 Å². The zero-order chi connectivity index (χ0) is 14.9. The second kappa shape index (κ2) is 5.60. The molecular formula is C14H17F4NO. The average molecular weight is 291 g/mol. The highest BCUT2D eigenvalue weighted by Gasteiger charge is 2.38. The van der Waals surface area contributed by atoms with Gasteiger partial charge >= 0.3 is 6.18 Å². The number of alkyl halides is 3. The number of nitrogens with two attached hydrogens (primary N) is 1. The first-order chi connectivity index (χ1) is 9.32. The van der Waals surface area contributed by atoms with Crippen LogP contribution in [0.2, 0.25) is 0 Å². The Hall–Kier alpha value is -1.30. The van der Waals surface area contributed by atoms with E-state index in [0.29, 0.717) is 25.0 Å². The fourth-order valence-corrected chi connectivity index (χ4v) is 2.90. The van der Waals surface area contributed by atoms with Crippen molar-refractivity contribution in [1.82, 2.24) is 0 Å². The molecule has 0 radical (unpaired) electrons. The molecule has 1 fully saturated rings. The minimum Gasteiger partial charge on any atom is -0.505 e. The molecule has 0 spiro atoms. The molecule has 0 aromatic heterocycles. The lowest BCUT2D eigenvalue weighted by Crippen LogP contribution is -2.26. The molecule has 1 aromatic rings. The molecule has 112 valence electrons. The molecule has 2 rings (SSSR count). The first-order valence-corrected chi connectivity index (χ1v) is 6.66. The van der Waals surface area contributed by atoms with E-state index in [1.54, 1.807) is 0 Å². The lowest BCUT2D eigenvalue weighted by Gasteiger charge is -2.30. The van der Waals surface area contributed by atoms with Crippen molar-refractivity contribution in [3.8, 4) is 5.75 Å². The van der Waals surface area contributed by atoms with Crippen LogP contribution in [0.25, 0.3) is 0 Å². The zero-order valence-corrected chi connectivity index (χ0v) is 10.9. The van der Waals surface area contributed by atoms with E-state index in [0.717, 1.165) is 19.3 Å². The molecule has 0 unspecified atom stereocenters. The molecule has 1 aliphatic rings. The Kier molecular flexibility index (Phi) is 4.22. The second-order valence-electron chi connectivity index (χ2n) is 5.28. The largest absolute Gasteiger partial charge is 0.505 e. The van der Waals surface area contributed by atoms with Gasteiger partial charge in [0.25, 0.3) is 0 Å². The second-order valence-corrected chi connectivity index (χ2v) is 5.28. The number of aromatic hydroxyl groups is 1. The number of halogens is 4. The third kappa shape index (κ3) is 2.90. The van der Waals surface area contributed by atoms with Gasteiger partial charge in [0.1, 0.15) is 0 Å². The summed E-state index contributed by atoms with van der Waals surface area (Å²) in [5.74, 6) is -2.20. The summed E-state index contributed by atoms with van der Waals surface area (Å²) in [4.78, 5) is 0. The number of phenolic OH excluding ortho intramolecular Hbond substituents is 1. The summed E-state index contributed by atoms with van der Waals surface area (Å²) in [6, 6.07) is 0.269. The van der Waals surface area contributed by atoms with Crippen molar-refractivity contribution in [2.24, 2.45) is 11.7 Å². The predicted octanol–water partition coefficient (Wildman–Crippen LogP) is 4.13. The highest BCUT2D eigenvalue weighted by Crippen LogP contribution is 2.43. The molecule has 1 saturated carbocycles. The van der Waals surface area contributed by atoms with Gasteiger partial charge in [0, 0.05) is 11.6 Å². The summed E-state index contributed by atoms with van der Waals surface area (Å²) in [7, 11) is 0. The molecule has 0 heterocycles. The van der Waals surface area contributed by atoms with Crippen molar-refractivity contribution in [3.05, 3.63) is 29.1 Å². The van der Waals surface area contributed by atoms with Crippen molar-refractivity contribution in [2.45, 2.75) is 44.3 Å². The van der Waals surface area contributed by atoms with Crippen LogP contribution in [0.5, 0.6) is 5.75 Å². The lowest BCUT2D eigenvalue weighted by atomic mass is 9.80.